The Bertz CT molecular complexity index is 485. The molecule has 0 spiro atoms. The van der Waals surface area contributed by atoms with Gasteiger partial charge in [-0.15, -0.1) is 0 Å². The molecular weight excluding hydrogens is 290 g/mol. The van der Waals surface area contributed by atoms with Gasteiger partial charge in [0.1, 0.15) is 24.4 Å². The number of alkyl halides is 2. The van der Waals surface area contributed by atoms with Crippen LogP contribution in [-0.2, 0) is 10.7 Å². The van der Waals surface area contributed by atoms with Crippen molar-refractivity contribution in [3.8, 4) is 0 Å². The fourth-order valence-corrected chi connectivity index (χ4v) is 2.28. The second-order valence-corrected chi connectivity index (χ2v) is 4.90. The number of rotatable bonds is 4. The van der Waals surface area contributed by atoms with Crippen LogP contribution in [0.3, 0.4) is 0 Å². The minimum atomic E-state index is -4.04. The van der Waals surface area contributed by atoms with Crippen LogP contribution in [0, 0.1) is 0 Å². The summed E-state index contributed by atoms with van der Waals surface area (Å²) in [5.74, 6) is -7.47. The molecule has 1 saturated heterocycles. The van der Waals surface area contributed by atoms with Crippen molar-refractivity contribution in [2.75, 3.05) is 6.61 Å². The van der Waals surface area contributed by atoms with E-state index in [1.165, 1.54) is 18.2 Å². The molecular formula is C13H16F2O6. The van der Waals surface area contributed by atoms with Gasteiger partial charge in [-0.25, -0.2) is 0 Å². The van der Waals surface area contributed by atoms with Crippen LogP contribution in [-0.4, -0.2) is 62.3 Å². The first-order valence-corrected chi connectivity index (χ1v) is 6.24. The summed E-state index contributed by atoms with van der Waals surface area (Å²) >= 11 is 0. The van der Waals surface area contributed by atoms with Crippen molar-refractivity contribution in [2.24, 2.45) is 0 Å². The molecule has 0 aliphatic carbocycles. The van der Waals surface area contributed by atoms with Crippen LogP contribution in [0.15, 0.2) is 30.3 Å². The Morgan fingerprint density at radius 1 is 1.24 bits per heavy atom. The van der Waals surface area contributed by atoms with E-state index in [0.29, 0.717) is 0 Å². The van der Waals surface area contributed by atoms with Crippen molar-refractivity contribution in [2.45, 2.75) is 36.1 Å². The third-order valence-corrected chi connectivity index (χ3v) is 3.53. The normalized spacial score (nSPS) is 34.9. The Hall–Kier alpha value is -1.16. The third-order valence-electron chi connectivity index (χ3n) is 3.53. The van der Waals surface area contributed by atoms with Crippen molar-refractivity contribution < 1.29 is 39.1 Å². The molecule has 6 nitrogen and oxygen atoms in total. The zero-order valence-electron chi connectivity index (χ0n) is 10.8. The highest BCUT2D eigenvalue weighted by Crippen LogP contribution is 2.47. The lowest BCUT2D eigenvalue weighted by Gasteiger charge is -2.34. The molecule has 0 aromatic heterocycles. The molecule has 2 unspecified atom stereocenters. The summed E-state index contributed by atoms with van der Waals surface area (Å²) in [6, 6.07) is 6.16. The van der Waals surface area contributed by atoms with Crippen LogP contribution >= 0.6 is 0 Å². The van der Waals surface area contributed by atoms with Crippen LogP contribution in [0.4, 0.5) is 8.78 Å². The number of ether oxygens (including phenoxy) is 1. The number of halogens is 2. The molecule has 1 aliphatic heterocycles. The molecule has 21 heavy (non-hydrogen) atoms. The minimum absolute atomic E-state index is 0.627. The molecule has 1 aromatic carbocycles. The van der Waals surface area contributed by atoms with E-state index < -0.39 is 48.3 Å². The molecule has 1 fully saturated rings. The second-order valence-electron chi connectivity index (χ2n) is 4.90. The van der Waals surface area contributed by atoms with Gasteiger partial charge in [-0.3, -0.25) is 0 Å². The highest BCUT2D eigenvalue weighted by atomic mass is 19.3. The average Bonchev–Trinajstić information content (AvgIpc) is 2.73. The molecule has 0 amide bonds. The smallest absolute Gasteiger partial charge is 0.328 e. The SMILES string of the molecule is OC[C@H](O)C1OC(O)(C(F)(F)c2ccccc2)[C@H](O)[C@H]1O. The quantitative estimate of drug-likeness (QED) is 0.485. The molecule has 8 heteroatoms. The van der Waals surface area contributed by atoms with Crippen molar-refractivity contribution in [3.05, 3.63) is 35.9 Å². The fraction of sp³-hybridized carbons (Fsp3) is 0.538. The van der Waals surface area contributed by atoms with Gasteiger partial charge in [0.05, 0.1) is 6.61 Å². The molecule has 0 radical (unpaired) electrons. The minimum Gasteiger partial charge on any atom is -0.394 e. The molecule has 0 bridgehead atoms. The Labute approximate surface area is 118 Å². The van der Waals surface area contributed by atoms with Gasteiger partial charge in [-0.2, -0.15) is 8.78 Å². The van der Waals surface area contributed by atoms with Gasteiger partial charge in [-0.05, 0) is 0 Å². The van der Waals surface area contributed by atoms with Crippen LogP contribution in [0.2, 0.25) is 0 Å². The zero-order valence-corrected chi connectivity index (χ0v) is 10.8. The highest BCUT2D eigenvalue weighted by Gasteiger charge is 2.68. The summed E-state index contributed by atoms with van der Waals surface area (Å²) in [6.07, 6.45) is -7.81. The first-order valence-electron chi connectivity index (χ1n) is 6.24. The lowest BCUT2D eigenvalue weighted by molar-refractivity contribution is -0.343. The van der Waals surface area contributed by atoms with E-state index in [4.69, 9.17) is 5.11 Å². The van der Waals surface area contributed by atoms with Crippen LogP contribution in [0.5, 0.6) is 0 Å². The van der Waals surface area contributed by atoms with Gasteiger partial charge in [0.2, 0.25) is 0 Å². The lowest BCUT2D eigenvalue weighted by Crippen LogP contribution is -2.55. The maximum atomic E-state index is 14.4. The molecule has 0 saturated carbocycles. The lowest BCUT2D eigenvalue weighted by atomic mass is 9.93. The van der Waals surface area contributed by atoms with Crippen LogP contribution in [0.1, 0.15) is 5.56 Å². The third kappa shape index (κ3) is 2.44. The Morgan fingerprint density at radius 3 is 2.33 bits per heavy atom. The van der Waals surface area contributed by atoms with E-state index in [9.17, 15) is 29.2 Å². The molecule has 1 aliphatic rings. The summed E-state index contributed by atoms with van der Waals surface area (Å²) in [4.78, 5) is 0. The zero-order chi connectivity index (χ0) is 15.8. The van der Waals surface area contributed by atoms with Crippen molar-refractivity contribution >= 4 is 0 Å². The van der Waals surface area contributed by atoms with E-state index in [2.05, 4.69) is 4.74 Å². The highest BCUT2D eigenvalue weighted by molar-refractivity contribution is 5.24. The summed E-state index contributed by atoms with van der Waals surface area (Å²) in [5.41, 5.74) is -0.627. The Balaban J connectivity index is 2.37. The number of benzene rings is 1. The summed E-state index contributed by atoms with van der Waals surface area (Å²) in [6.45, 7) is -0.887. The van der Waals surface area contributed by atoms with Gasteiger partial charge in [0.15, 0.2) is 0 Å². The molecule has 5 atom stereocenters. The summed E-state index contributed by atoms with van der Waals surface area (Å²) in [5, 5.41) is 47.7. The van der Waals surface area contributed by atoms with Gasteiger partial charge in [0.25, 0.3) is 5.79 Å². The van der Waals surface area contributed by atoms with E-state index in [-0.39, 0.29) is 0 Å². The van der Waals surface area contributed by atoms with Gasteiger partial charge >= 0.3 is 5.92 Å². The second kappa shape index (κ2) is 5.56. The summed E-state index contributed by atoms with van der Waals surface area (Å²) < 4.78 is 33.5. The largest absolute Gasteiger partial charge is 0.394 e. The van der Waals surface area contributed by atoms with Crippen molar-refractivity contribution in [1.82, 2.24) is 0 Å². The first kappa shape index (κ1) is 16.2. The van der Waals surface area contributed by atoms with Gasteiger partial charge in [0, 0.05) is 5.56 Å². The molecule has 1 aromatic rings. The monoisotopic (exact) mass is 306 g/mol. The van der Waals surface area contributed by atoms with Gasteiger partial charge in [-0.1, -0.05) is 30.3 Å². The van der Waals surface area contributed by atoms with Crippen LogP contribution in [0.25, 0.3) is 0 Å². The number of hydrogen-bond donors (Lipinski definition) is 5. The Kier molecular flexibility index (Phi) is 4.29. The number of aliphatic hydroxyl groups excluding tert-OH is 4. The molecule has 118 valence electrons. The van der Waals surface area contributed by atoms with E-state index in [0.717, 1.165) is 12.1 Å². The number of hydrogen-bond acceptors (Lipinski definition) is 6. The molecule has 5 N–H and O–H groups in total. The standard InChI is InChI=1S/C13H16F2O6/c14-12(15,7-4-2-1-3-5-7)13(20)11(19)9(18)10(21-13)8(17)6-16/h1-5,8-11,16-20H,6H2/t8-,9-,10?,11+,13?/m0/s1. The molecule has 1 heterocycles. The predicted octanol–water partition coefficient (Wildman–Crippen LogP) is -1.06. The molecule has 2 rings (SSSR count). The average molecular weight is 306 g/mol. The van der Waals surface area contributed by atoms with Crippen LogP contribution < -0.4 is 0 Å². The van der Waals surface area contributed by atoms with Gasteiger partial charge < -0.3 is 30.3 Å². The van der Waals surface area contributed by atoms with E-state index in [1.807, 2.05) is 0 Å². The Morgan fingerprint density at radius 2 is 1.81 bits per heavy atom. The first-order chi connectivity index (χ1) is 9.75. The van der Waals surface area contributed by atoms with E-state index in [1.54, 1.807) is 0 Å². The maximum absolute atomic E-state index is 14.4. The predicted molar refractivity (Wildman–Crippen MR) is 65.3 cm³/mol. The maximum Gasteiger partial charge on any atom is 0.328 e. The summed E-state index contributed by atoms with van der Waals surface area (Å²) in [7, 11) is 0. The fourth-order valence-electron chi connectivity index (χ4n) is 2.28. The van der Waals surface area contributed by atoms with Crippen molar-refractivity contribution in [3.63, 3.8) is 0 Å². The van der Waals surface area contributed by atoms with Crippen molar-refractivity contribution in [1.29, 1.82) is 0 Å². The number of aliphatic hydroxyl groups is 5. The van der Waals surface area contributed by atoms with E-state index >= 15 is 0 Å². The topological polar surface area (TPSA) is 110 Å².